The molecule has 5 rings (SSSR count). The minimum absolute atomic E-state index is 0.0771. The minimum Gasteiger partial charge on any atom is -0.493 e. The number of hydrogen-bond acceptors (Lipinski definition) is 9. The van der Waals surface area contributed by atoms with Crippen molar-refractivity contribution in [1.82, 2.24) is 5.01 Å². The average Bonchev–Trinajstić information content (AvgIpc) is 3.45. The topological polar surface area (TPSA) is 115 Å². The van der Waals surface area contributed by atoms with Gasteiger partial charge < -0.3 is 23.7 Å². The summed E-state index contributed by atoms with van der Waals surface area (Å²) in [4.78, 5) is 17.1. The van der Waals surface area contributed by atoms with Crippen LogP contribution in [0.2, 0.25) is 0 Å². The molecule has 1 amide bonds. The molecule has 0 aromatic heterocycles. The highest BCUT2D eigenvalue weighted by molar-refractivity contribution is 9.10. The average molecular weight is 692 g/mol. The summed E-state index contributed by atoms with van der Waals surface area (Å²) < 4.78 is 29.7. The summed E-state index contributed by atoms with van der Waals surface area (Å²) in [5, 5.41) is 15.4. The third kappa shape index (κ3) is 7.76. The summed E-state index contributed by atoms with van der Waals surface area (Å²) in [7, 11) is 1.60. The van der Waals surface area contributed by atoms with Crippen LogP contribution in [0.5, 0.6) is 28.7 Å². The maximum absolute atomic E-state index is 13.0. The highest BCUT2D eigenvalue weighted by Crippen LogP contribution is 2.38. The van der Waals surface area contributed by atoms with Crippen molar-refractivity contribution in [3.8, 4) is 28.7 Å². The standard InChI is InChI=1S/C33H31BrN4O6S/c1-4-9-21-12-13-26(27(18-21)40-3)42-14-15-43-30-25(34)17-22(19-28(30)41-5-2)16-24-31(35)38-33(36-32(24)39)45-29(37-38)20-44-23-10-7-6-8-11-23/h4,6-8,10-13,16-19,35H,1,5,9,14-15,20H2,2-3H3/b24-16-,35-31?. The number of rotatable bonds is 14. The Bertz CT molecular complexity index is 1690. The fourth-order valence-electron chi connectivity index (χ4n) is 4.41. The molecule has 3 aromatic rings. The smallest absolute Gasteiger partial charge is 0.283 e. The van der Waals surface area contributed by atoms with E-state index in [1.807, 2.05) is 61.5 Å². The normalized spacial score (nSPS) is 14.9. The van der Waals surface area contributed by atoms with Gasteiger partial charge in [0.25, 0.3) is 5.91 Å². The summed E-state index contributed by atoms with van der Waals surface area (Å²) in [5.41, 5.74) is 1.79. The lowest BCUT2D eigenvalue weighted by atomic mass is 10.1. The Hall–Kier alpha value is -4.55. The Kier molecular flexibility index (Phi) is 10.6. The monoisotopic (exact) mass is 690 g/mol. The third-order valence-electron chi connectivity index (χ3n) is 6.44. The number of halogens is 1. The Balaban J connectivity index is 1.27. The minimum atomic E-state index is -0.529. The van der Waals surface area contributed by atoms with Gasteiger partial charge in [0.2, 0.25) is 5.17 Å². The Morgan fingerprint density at radius 2 is 1.80 bits per heavy atom. The lowest BCUT2D eigenvalue weighted by Crippen LogP contribution is -2.35. The zero-order valence-electron chi connectivity index (χ0n) is 24.7. The summed E-state index contributed by atoms with van der Waals surface area (Å²) in [6.07, 6.45) is 4.16. The SMILES string of the molecule is C=CCc1ccc(OCCOc2c(Br)cc(/C=C3/C(=N)N4N=C(COc5ccccc5)SC4=NC3=O)cc2OCC)c(OC)c1. The Labute approximate surface area is 274 Å². The Morgan fingerprint density at radius 1 is 1.00 bits per heavy atom. The first kappa shape index (κ1) is 31.9. The lowest BCUT2D eigenvalue weighted by Gasteiger charge is -2.20. The molecular formula is C33H31BrN4O6S. The predicted molar refractivity (Wildman–Crippen MR) is 180 cm³/mol. The molecule has 0 aliphatic carbocycles. The molecule has 2 heterocycles. The molecule has 12 heteroatoms. The number of aliphatic imine (C=N–C) groups is 1. The molecule has 0 bridgehead atoms. The number of hydrogen-bond donors (Lipinski definition) is 1. The van der Waals surface area contributed by atoms with Crippen molar-refractivity contribution < 1.29 is 28.5 Å². The van der Waals surface area contributed by atoms with E-state index in [1.54, 1.807) is 25.3 Å². The van der Waals surface area contributed by atoms with Crippen LogP contribution >= 0.6 is 27.7 Å². The predicted octanol–water partition coefficient (Wildman–Crippen LogP) is 6.74. The van der Waals surface area contributed by atoms with Gasteiger partial charge >= 0.3 is 0 Å². The molecule has 2 aliphatic rings. The number of para-hydroxylation sites is 1. The van der Waals surface area contributed by atoms with Crippen LogP contribution in [0.25, 0.3) is 6.08 Å². The molecule has 10 nitrogen and oxygen atoms in total. The fraction of sp³-hybridized carbons (Fsp3) is 0.212. The molecular weight excluding hydrogens is 660 g/mol. The molecule has 0 saturated heterocycles. The summed E-state index contributed by atoms with van der Waals surface area (Å²) in [5.74, 6) is 2.30. The first-order chi connectivity index (χ1) is 21.9. The van der Waals surface area contributed by atoms with Crippen molar-refractivity contribution >= 4 is 55.7 Å². The van der Waals surface area contributed by atoms with Crippen LogP contribution in [0.3, 0.4) is 0 Å². The van der Waals surface area contributed by atoms with Crippen LogP contribution in [0, 0.1) is 5.41 Å². The van der Waals surface area contributed by atoms with Crippen LogP contribution in [0.4, 0.5) is 0 Å². The summed E-state index contributed by atoms with van der Waals surface area (Å²) in [6.45, 7) is 6.72. The number of amides is 1. The number of thioether (sulfide) groups is 1. The molecule has 1 N–H and O–H groups in total. The molecule has 0 spiro atoms. The van der Waals surface area contributed by atoms with E-state index < -0.39 is 5.91 Å². The molecule has 0 fully saturated rings. The Morgan fingerprint density at radius 3 is 2.56 bits per heavy atom. The fourth-order valence-corrected chi connectivity index (χ4v) is 5.79. The van der Waals surface area contributed by atoms with E-state index in [4.69, 9.17) is 29.1 Å². The first-order valence-electron chi connectivity index (χ1n) is 14.1. The molecule has 0 saturated carbocycles. The van der Waals surface area contributed by atoms with Gasteiger partial charge in [-0.2, -0.15) is 15.1 Å². The van der Waals surface area contributed by atoms with Gasteiger partial charge in [-0.1, -0.05) is 30.3 Å². The molecule has 0 radical (unpaired) electrons. The summed E-state index contributed by atoms with van der Waals surface area (Å²) >= 11 is 4.78. The van der Waals surface area contributed by atoms with Gasteiger partial charge in [0.1, 0.15) is 30.6 Å². The number of carbonyl (C=O) groups is 1. The number of nitrogens with zero attached hydrogens (tertiary/aromatic N) is 3. The number of amidine groups is 2. The maximum atomic E-state index is 13.0. The van der Waals surface area contributed by atoms with Gasteiger partial charge in [-0.05, 0) is 94.6 Å². The lowest BCUT2D eigenvalue weighted by molar-refractivity contribution is -0.114. The number of allylic oxidation sites excluding steroid dienone is 1. The van der Waals surface area contributed by atoms with E-state index in [1.165, 1.54) is 16.8 Å². The van der Waals surface area contributed by atoms with Gasteiger partial charge in [0.15, 0.2) is 28.8 Å². The summed E-state index contributed by atoms with van der Waals surface area (Å²) in [6, 6.07) is 18.6. The number of methoxy groups -OCH3 is 1. The van der Waals surface area contributed by atoms with Crippen LogP contribution in [0.15, 0.2) is 93.5 Å². The van der Waals surface area contributed by atoms with E-state index in [2.05, 4.69) is 32.6 Å². The van der Waals surface area contributed by atoms with Gasteiger partial charge in [-0.3, -0.25) is 10.2 Å². The number of nitrogens with one attached hydrogen (secondary N) is 1. The molecule has 2 aliphatic heterocycles. The number of ether oxygens (including phenoxy) is 5. The van der Waals surface area contributed by atoms with Crippen molar-refractivity contribution in [2.75, 3.05) is 33.5 Å². The number of hydrazone groups is 1. The van der Waals surface area contributed by atoms with Crippen molar-refractivity contribution in [2.45, 2.75) is 13.3 Å². The molecule has 3 aromatic carbocycles. The van der Waals surface area contributed by atoms with E-state index in [0.717, 1.165) is 12.0 Å². The maximum Gasteiger partial charge on any atom is 0.283 e. The largest absolute Gasteiger partial charge is 0.493 e. The van der Waals surface area contributed by atoms with Crippen LogP contribution in [0.1, 0.15) is 18.1 Å². The number of benzene rings is 3. The number of carbonyl (C=O) groups excluding carboxylic acids is 1. The van der Waals surface area contributed by atoms with Crippen molar-refractivity contribution in [1.29, 1.82) is 5.41 Å². The molecule has 232 valence electrons. The number of fused-ring (bicyclic) bond motifs is 1. The second kappa shape index (κ2) is 15.0. The van der Waals surface area contributed by atoms with Gasteiger partial charge in [-0.15, -0.1) is 6.58 Å². The highest BCUT2D eigenvalue weighted by Gasteiger charge is 2.36. The van der Waals surface area contributed by atoms with Crippen LogP contribution in [-0.2, 0) is 11.2 Å². The molecule has 0 unspecified atom stereocenters. The van der Waals surface area contributed by atoms with Crippen LogP contribution < -0.4 is 23.7 Å². The van der Waals surface area contributed by atoms with Gasteiger partial charge in [0, 0.05) is 0 Å². The molecule has 0 atom stereocenters. The zero-order valence-corrected chi connectivity index (χ0v) is 27.2. The van der Waals surface area contributed by atoms with E-state index >= 15 is 0 Å². The third-order valence-corrected chi connectivity index (χ3v) is 7.91. The quantitative estimate of drug-likeness (QED) is 0.112. The highest BCUT2D eigenvalue weighted by atomic mass is 79.9. The van der Waals surface area contributed by atoms with Crippen LogP contribution in [-0.4, -0.2) is 60.5 Å². The van der Waals surface area contributed by atoms with Gasteiger partial charge in [0.05, 0.1) is 23.8 Å². The van der Waals surface area contributed by atoms with E-state index in [-0.39, 0.29) is 31.2 Å². The first-order valence-corrected chi connectivity index (χ1v) is 15.7. The van der Waals surface area contributed by atoms with Crippen molar-refractivity contribution in [3.63, 3.8) is 0 Å². The molecule has 45 heavy (non-hydrogen) atoms. The van der Waals surface area contributed by atoms with E-state index in [9.17, 15) is 4.79 Å². The van der Waals surface area contributed by atoms with Crippen molar-refractivity contribution in [2.24, 2.45) is 10.1 Å². The second-order valence-electron chi connectivity index (χ2n) is 9.55. The van der Waals surface area contributed by atoms with Gasteiger partial charge in [-0.25, -0.2) is 0 Å². The zero-order chi connectivity index (χ0) is 31.8. The van der Waals surface area contributed by atoms with E-state index in [0.29, 0.717) is 55.6 Å². The van der Waals surface area contributed by atoms with Crippen molar-refractivity contribution in [3.05, 3.63) is 94.5 Å². The second-order valence-corrected chi connectivity index (χ2v) is 11.4.